The SMILES string of the molecule is CCCNCC(CC)N1CCN(C)CC1. The van der Waals surface area contributed by atoms with Crippen LogP contribution in [0, 0.1) is 0 Å². The Morgan fingerprint density at radius 3 is 2.33 bits per heavy atom. The van der Waals surface area contributed by atoms with Crippen LogP contribution in [0.2, 0.25) is 0 Å². The zero-order valence-corrected chi connectivity index (χ0v) is 10.6. The summed E-state index contributed by atoms with van der Waals surface area (Å²) in [6, 6.07) is 0.741. The quantitative estimate of drug-likeness (QED) is 0.664. The minimum atomic E-state index is 0.741. The van der Waals surface area contributed by atoms with E-state index in [-0.39, 0.29) is 0 Å². The zero-order chi connectivity index (χ0) is 11.1. The van der Waals surface area contributed by atoms with E-state index in [1.165, 1.54) is 39.0 Å². The number of rotatable bonds is 6. The number of nitrogens with zero attached hydrogens (tertiary/aromatic N) is 2. The lowest BCUT2D eigenvalue weighted by atomic mass is 10.1. The largest absolute Gasteiger partial charge is 0.315 e. The van der Waals surface area contributed by atoms with Gasteiger partial charge in [-0.1, -0.05) is 13.8 Å². The van der Waals surface area contributed by atoms with Gasteiger partial charge in [-0.3, -0.25) is 4.90 Å². The predicted molar refractivity (Wildman–Crippen MR) is 66.3 cm³/mol. The lowest BCUT2D eigenvalue weighted by molar-refractivity contribution is 0.108. The Morgan fingerprint density at radius 1 is 1.13 bits per heavy atom. The molecule has 15 heavy (non-hydrogen) atoms. The maximum absolute atomic E-state index is 3.54. The first-order valence-electron chi connectivity index (χ1n) is 6.41. The summed E-state index contributed by atoms with van der Waals surface area (Å²) in [6.45, 7) is 11.8. The minimum absolute atomic E-state index is 0.741. The second kappa shape index (κ2) is 7.20. The molecule has 1 unspecified atom stereocenters. The molecule has 3 nitrogen and oxygen atoms in total. The van der Waals surface area contributed by atoms with Crippen molar-refractivity contribution in [1.82, 2.24) is 15.1 Å². The van der Waals surface area contributed by atoms with Crippen LogP contribution in [0.5, 0.6) is 0 Å². The lowest BCUT2D eigenvalue weighted by Crippen LogP contribution is -2.51. The highest BCUT2D eigenvalue weighted by atomic mass is 15.3. The van der Waals surface area contributed by atoms with E-state index in [2.05, 4.69) is 36.0 Å². The van der Waals surface area contributed by atoms with E-state index in [9.17, 15) is 0 Å². The standard InChI is InChI=1S/C12H27N3/c1-4-6-13-11-12(5-2)15-9-7-14(3)8-10-15/h12-13H,4-11H2,1-3H3. The van der Waals surface area contributed by atoms with Crippen LogP contribution in [0.1, 0.15) is 26.7 Å². The Bertz CT molecular complexity index is 153. The fraction of sp³-hybridized carbons (Fsp3) is 1.00. The van der Waals surface area contributed by atoms with Gasteiger partial charge < -0.3 is 10.2 Å². The van der Waals surface area contributed by atoms with Crippen molar-refractivity contribution in [3.8, 4) is 0 Å². The predicted octanol–water partition coefficient (Wildman–Crippen LogP) is 1.01. The molecule has 1 heterocycles. The van der Waals surface area contributed by atoms with Gasteiger partial charge in [-0.25, -0.2) is 0 Å². The maximum atomic E-state index is 3.54. The summed E-state index contributed by atoms with van der Waals surface area (Å²) in [6.07, 6.45) is 2.50. The van der Waals surface area contributed by atoms with Gasteiger partial charge in [-0.15, -0.1) is 0 Å². The molecule has 0 spiro atoms. The Morgan fingerprint density at radius 2 is 1.80 bits per heavy atom. The second-order valence-electron chi connectivity index (χ2n) is 4.61. The van der Waals surface area contributed by atoms with Crippen LogP contribution in [0.15, 0.2) is 0 Å². The van der Waals surface area contributed by atoms with Gasteiger partial charge >= 0.3 is 0 Å². The Kier molecular flexibility index (Phi) is 6.22. The highest BCUT2D eigenvalue weighted by molar-refractivity contribution is 4.78. The third-order valence-electron chi connectivity index (χ3n) is 3.33. The maximum Gasteiger partial charge on any atom is 0.0219 e. The molecule has 0 aromatic rings. The van der Waals surface area contributed by atoms with E-state index in [4.69, 9.17) is 0 Å². The van der Waals surface area contributed by atoms with Crippen molar-refractivity contribution in [1.29, 1.82) is 0 Å². The average molecular weight is 213 g/mol. The van der Waals surface area contributed by atoms with E-state index in [0.29, 0.717) is 0 Å². The van der Waals surface area contributed by atoms with Crippen LogP contribution in [0.25, 0.3) is 0 Å². The summed E-state index contributed by atoms with van der Waals surface area (Å²) in [5.41, 5.74) is 0. The fourth-order valence-electron chi connectivity index (χ4n) is 2.16. The summed E-state index contributed by atoms with van der Waals surface area (Å²) in [7, 11) is 2.22. The summed E-state index contributed by atoms with van der Waals surface area (Å²) in [5, 5.41) is 3.54. The summed E-state index contributed by atoms with van der Waals surface area (Å²) >= 11 is 0. The van der Waals surface area contributed by atoms with Gasteiger partial charge in [0.2, 0.25) is 0 Å². The van der Waals surface area contributed by atoms with E-state index in [1.807, 2.05) is 0 Å². The van der Waals surface area contributed by atoms with E-state index >= 15 is 0 Å². The Balaban J connectivity index is 2.24. The fourth-order valence-corrected chi connectivity index (χ4v) is 2.16. The molecule has 0 saturated carbocycles. The van der Waals surface area contributed by atoms with Gasteiger partial charge in [-0.05, 0) is 26.4 Å². The highest BCUT2D eigenvalue weighted by Crippen LogP contribution is 2.07. The molecule has 0 aromatic carbocycles. The van der Waals surface area contributed by atoms with Crippen LogP contribution in [-0.4, -0.2) is 62.2 Å². The van der Waals surface area contributed by atoms with Crippen LogP contribution in [-0.2, 0) is 0 Å². The molecule has 1 aliphatic heterocycles. The monoisotopic (exact) mass is 213 g/mol. The van der Waals surface area contributed by atoms with Crippen molar-refractivity contribution in [3.63, 3.8) is 0 Å². The van der Waals surface area contributed by atoms with Gasteiger partial charge in [-0.2, -0.15) is 0 Å². The molecule has 0 aromatic heterocycles. The third kappa shape index (κ3) is 4.49. The molecule has 0 bridgehead atoms. The topological polar surface area (TPSA) is 18.5 Å². The summed E-state index contributed by atoms with van der Waals surface area (Å²) < 4.78 is 0. The van der Waals surface area contributed by atoms with Crippen molar-refractivity contribution < 1.29 is 0 Å². The van der Waals surface area contributed by atoms with Gasteiger partial charge in [0.15, 0.2) is 0 Å². The van der Waals surface area contributed by atoms with E-state index in [0.717, 1.165) is 19.1 Å². The van der Waals surface area contributed by atoms with Gasteiger partial charge in [0.1, 0.15) is 0 Å². The number of nitrogens with one attached hydrogen (secondary N) is 1. The molecule has 1 saturated heterocycles. The van der Waals surface area contributed by atoms with Crippen LogP contribution in [0.4, 0.5) is 0 Å². The molecular formula is C12H27N3. The van der Waals surface area contributed by atoms with E-state index in [1.54, 1.807) is 0 Å². The molecule has 1 fully saturated rings. The normalized spacial score (nSPS) is 21.8. The van der Waals surface area contributed by atoms with Crippen LogP contribution < -0.4 is 5.32 Å². The number of piperazine rings is 1. The van der Waals surface area contributed by atoms with Gasteiger partial charge in [0.05, 0.1) is 0 Å². The van der Waals surface area contributed by atoms with Crippen molar-refractivity contribution in [2.24, 2.45) is 0 Å². The molecule has 1 aliphatic rings. The van der Waals surface area contributed by atoms with Crippen molar-refractivity contribution in [2.75, 3.05) is 46.3 Å². The van der Waals surface area contributed by atoms with Crippen molar-refractivity contribution in [3.05, 3.63) is 0 Å². The number of hydrogen-bond acceptors (Lipinski definition) is 3. The summed E-state index contributed by atoms with van der Waals surface area (Å²) in [5.74, 6) is 0. The Labute approximate surface area is 94.8 Å². The third-order valence-corrected chi connectivity index (χ3v) is 3.33. The molecule has 1 N–H and O–H groups in total. The molecule has 1 rings (SSSR count). The first-order valence-corrected chi connectivity index (χ1v) is 6.41. The smallest absolute Gasteiger partial charge is 0.0219 e. The summed E-state index contributed by atoms with van der Waals surface area (Å²) in [4.78, 5) is 5.06. The first-order chi connectivity index (χ1) is 7.27. The first kappa shape index (κ1) is 12.9. The average Bonchev–Trinajstić information content (AvgIpc) is 2.26. The molecule has 1 atom stereocenters. The molecule has 0 aliphatic carbocycles. The van der Waals surface area contributed by atoms with Gasteiger partial charge in [0, 0.05) is 38.8 Å². The highest BCUT2D eigenvalue weighted by Gasteiger charge is 2.20. The van der Waals surface area contributed by atoms with Crippen molar-refractivity contribution in [2.45, 2.75) is 32.7 Å². The molecule has 90 valence electrons. The molecule has 3 heteroatoms. The molecule has 0 amide bonds. The molecular weight excluding hydrogens is 186 g/mol. The van der Waals surface area contributed by atoms with Crippen molar-refractivity contribution >= 4 is 0 Å². The zero-order valence-electron chi connectivity index (χ0n) is 10.6. The molecule has 0 radical (unpaired) electrons. The van der Waals surface area contributed by atoms with Crippen LogP contribution >= 0.6 is 0 Å². The number of hydrogen-bond donors (Lipinski definition) is 1. The number of likely N-dealkylation sites (N-methyl/N-ethyl adjacent to an activating group) is 1. The lowest BCUT2D eigenvalue weighted by Gasteiger charge is -2.37. The second-order valence-corrected chi connectivity index (χ2v) is 4.61. The Hall–Kier alpha value is -0.120. The van der Waals surface area contributed by atoms with Gasteiger partial charge in [0.25, 0.3) is 0 Å². The van der Waals surface area contributed by atoms with Crippen LogP contribution in [0.3, 0.4) is 0 Å². The minimum Gasteiger partial charge on any atom is -0.315 e. The van der Waals surface area contributed by atoms with E-state index < -0.39 is 0 Å².